The second-order valence-electron chi connectivity index (χ2n) is 10.1. The van der Waals surface area contributed by atoms with E-state index in [9.17, 15) is 0 Å². The average Bonchev–Trinajstić information content (AvgIpc) is 3.34. The van der Waals surface area contributed by atoms with E-state index in [1.54, 1.807) is 0 Å². The first kappa shape index (κ1) is 26.0. The molecule has 0 unspecified atom stereocenters. The molecule has 0 aliphatic heterocycles. The van der Waals surface area contributed by atoms with E-state index in [1.165, 1.54) is 55.7 Å². The van der Waals surface area contributed by atoms with Crippen LogP contribution in [0.3, 0.4) is 0 Å². The lowest BCUT2D eigenvalue weighted by molar-refractivity contribution is 1.40. The molecule has 0 bridgehead atoms. The third-order valence-corrected chi connectivity index (χ3v) is 7.32. The normalized spacial score (nSPS) is 12.9. The van der Waals surface area contributed by atoms with Gasteiger partial charge in [-0.2, -0.15) is 0 Å². The molecule has 0 atom stereocenters. The molecule has 0 aromatic heterocycles. The van der Waals surface area contributed by atoms with Gasteiger partial charge in [0.25, 0.3) is 0 Å². The summed E-state index contributed by atoms with van der Waals surface area (Å²) in [6.45, 7) is 0. The van der Waals surface area contributed by atoms with Gasteiger partial charge in [-0.3, -0.25) is 0 Å². The number of benzene rings is 5. The van der Waals surface area contributed by atoms with Crippen LogP contribution in [0.2, 0.25) is 0 Å². The molecule has 5 aromatic carbocycles. The van der Waals surface area contributed by atoms with Crippen molar-refractivity contribution in [2.45, 2.75) is 6.42 Å². The predicted octanol–water partition coefficient (Wildman–Crippen LogP) is 10.9. The van der Waals surface area contributed by atoms with Gasteiger partial charge in [-0.05, 0) is 74.2 Å². The third-order valence-electron chi connectivity index (χ3n) is 7.32. The smallest absolute Gasteiger partial charge is 0.0105 e. The van der Waals surface area contributed by atoms with Gasteiger partial charge in [0.15, 0.2) is 0 Å². The fourth-order valence-corrected chi connectivity index (χ4v) is 5.16. The molecule has 0 heterocycles. The summed E-state index contributed by atoms with van der Waals surface area (Å²) in [6, 6.07) is 49.5. The Labute approximate surface area is 243 Å². The highest BCUT2D eigenvalue weighted by atomic mass is 14.1. The standard InChI is InChI=1S/C41H32/c1-2-7-15-36(14-6-1)40(37-16-8-3-9-17-37)30-32-22-26-34(27-23-32)35-28-24-33(25-29-35)31-41(38-18-10-4-11-19-38)39-20-12-5-13-21-39/h1,3-31H,2H2/b40-30-. The van der Waals surface area contributed by atoms with Gasteiger partial charge in [-0.1, -0.05) is 170 Å². The zero-order chi connectivity index (χ0) is 27.7. The first-order valence-electron chi connectivity index (χ1n) is 14.2. The highest BCUT2D eigenvalue weighted by Crippen LogP contribution is 2.30. The van der Waals surface area contributed by atoms with Crippen LogP contribution in [0, 0.1) is 0 Å². The third kappa shape index (κ3) is 6.52. The number of rotatable bonds is 7. The molecule has 41 heavy (non-hydrogen) atoms. The minimum Gasteiger partial charge on any atom is -0.0807 e. The molecule has 0 spiro atoms. The summed E-state index contributed by atoms with van der Waals surface area (Å²) in [7, 11) is 0. The first-order chi connectivity index (χ1) is 20.3. The van der Waals surface area contributed by atoms with Crippen molar-refractivity contribution in [1.82, 2.24) is 0 Å². The van der Waals surface area contributed by atoms with E-state index in [0.29, 0.717) is 0 Å². The van der Waals surface area contributed by atoms with Crippen molar-refractivity contribution in [3.8, 4) is 11.1 Å². The molecule has 0 nitrogen and oxygen atoms in total. The van der Waals surface area contributed by atoms with Crippen LogP contribution >= 0.6 is 0 Å². The van der Waals surface area contributed by atoms with Crippen molar-refractivity contribution in [3.05, 3.63) is 203 Å². The lowest BCUT2D eigenvalue weighted by Crippen LogP contribution is -1.89. The second kappa shape index (κ2) is 12.8. The summed E-state index contributed by atoms with van der Waals surface area (Å²) >= 11 is 0. The predicted molar refractivity (Wildman–Crippen MR) is 177 cm³/mol. The van der Waals surface area contributed by atoms with Crippen LogP contribution in [0.4, 0.5) is 0 Å². The summed E-state index contributed by atoms with van der Waals surface area (Å²) < 4.78 is 0. The van der Waals surface area contributed by atoms with Gasteiger partial charge in [-0.15, -0.1) is 0 Å². The molecule has 0 saturated carbocycles. The maximum Gasteiger partial charge on any atom is -0.0105 e. The Balaban J connectivity index is 1.28. The Kier molecular flexibility index (Phi) is 8.11. The van der Waals surface area contributed by atoms with Gasteiger partial charge < -0.3 is 0 Å². The molecule has 0 heteroatoms. The molecule has 0 amide bonds. The highest BCUT2D eigenvalue weighted by molar-refractivity contribution is 5.94. The average molecular weight is 525 g/mol. The molecule has 196 valence electrons. The quantitative estimate of drug-likeness (QED) is 0.186. The maximum absolute atomic E-state index is 2.29. The summed E-state index contributed by atoms with van der Waals surface area (Å²) in [5.41, 5.74) is 12.1. The maximum atomic E-state index is 2.29. The summed E-state index contributed by atoms with van der Waals surface area (Å²) in [5, 5.41) is 0. The Morgan fingerprint density at radius 2 is 0.878 bits per heavy atom. The molecule has 1 aliphatic rings. The SMILES string of the molecule is C1=CCC=CC(/C(=C/c2ccc(-c3ccc(C=C(c4ccccc4)c4ccccc4)cc3)cc2)c2ccccc2)=C1. The van der Waals surface area contributed by atoms with Crippen LogP contribution in [-0.4, -0.2) is 0 Å². The van der Waals surface area contributed by atoms with Crippen molar-refractivity contribution in [2.75, 3.05) is 0 Å². The summed E-state index contributed by atoms with van der Waals surface area (Å²) in [6.07, 6.45) is 16.5. The van der Waals surface area contributed by atoms with Crippen LogP contribution < -0.4 is 0 Å². The fourth-order valence-electron chi connectivity index (χ4n) is 5.16. The molecule has 5 aromatic rings. The van der Waals surface area contributed by atoms with Gasteiger partial charge in [0.1, 0.15) is 0 Å². The fraction of sp³-hybridized carbons (Fsp3) is 0.0244. The second-order valence-corrected chi connectivity index (χ2v) is 10.1. The number of allylic oxidation sites excluding steroid dienone is 7. The molecule has 1 aliphatic carbocycles. The van der Waals surface area contributed by atoms with Crippen LogP contribution in [0.25, 0.3) is 34.4 Å². The first-order valence-corrected chi connectivity index (χ1v) is 14.2. The Morgan fingerprint density at radius 1 is 0.439 bits per heavy atom. The van der Waals surface area contributed by atoms with E-state index in [1.807, 2.05) is 0 Å². The van der Waals surface area contributed by atoms with E-state index < -0.39 is 0 Å². The number of hydrogen-bond acceptors (Lipinski definition) is 0. The lowest BCUT2D eigenvalue weighted by atomic mass is 9.94. The molecular formula is C41H32. The molecule has 0 N–H and O–H groups in total. The summed E-state index contributed by atoms with van der Waals surface area (Å²) in [5.74, 6) is 0. The van der Waals surface area contributed by atoms with Gasteiger partial charge in [-0.25, -0.2) is 0 Å². The molecule has 0 saturated heterocycles. The van der Waals surface area contributed by atoms with E-state index in [0.717, 1.165) is 6.42 Å². The minimum absolute atomic E-state index is 0.963. The zero-order valence-electron chi connectivity index (χ0n) is 23.0. The van der Waals surface area contributed by atoms with E-state index in [4.69, 9.17) is 0 Å². The monoisotopic (exact) mass is 524 g/mol. The van der Waals surface area contributed by atoms with Crippen molar-refractivity contribution in [2.24, 2.45) is 0 Å². The van der Waals surface area contributed by atoms with Crippen molar-refractivity contribution in [3.63, 3.8) is 0 Å². The van der Waals surface area contributed by atoms with Crippen molar-refractivity contribution >= 4 is 23.3 Å². The van der Waals surface area contributed by atoms with E-state index >= 15 is 0 Å². The van der Waals surface area contributed by atoms with Crippen molar-refractivity contribution in [1.29, 1.82) is 0 Å². The Hall–Kier alpha value is -5.20. The van der Waals surface area contributed by atoms with Gasteiger partial charge in [0.05, 0.1) is 0 Å². The van der Waals surface area contributed by atoms with Gasteiger partial charge >= 0.3 is 0 Å². The molecule has 0 fully saturated rings. The van der Waals surface area contributed by atoms with Crippen LogP contribution in [0.1, 0.15) is 34.2 Å². The van der Waals surface area contributed by atoms with Crippen LogP contribution in [-0.2, 0) is 0 Å². The minimum atomic E-state index is 0.963. The Morgan fingerprint density at radius 3 is 1.37 bits per heavy atom. The summed E-state index contributed by atoms with van der Waals surface area (Å²) in [4.78, 5) is 0. The lowest BCUT2D eigenvalue weighted by Gasteiger charge is -2.11. The topological polar surface area (TPSA) is 0 Å². The number of hydrogen-bond donors (Lipinski definition) is 0. The largest absolute Gasteiger partial charge is 0.0807 e. The zero-order valence-corrected chi connectivity index (χ0v) is 23.0. The molecular weight excluding hydrogens is 492 g/mol. The highest BCUT2D eigenvalue weighted by Gasteiger charge is 2.08. The van der Waals surface area contributed by atoms with Gasteiger partial charge in [0.2, 0.25) is 0 Å². The van der Waals surface area contributed by atoms with Crippen molar-refractivity contribution < 1.29 is 0 Å². The molecule has 6 rings (SSSR count). The van der Waals surface area contributed by atoms with Crippen LogP contribution in [0.15, 0.2) is 175 Å². The Bertz CT molecular complexity index is 1690. The van der Waals surface area contributed by atoms with E-state index in [2.05, 4.69) is 182 Å². The van der Waals surface area contributed by atoms with E-state index in [-0.39, 0.29) is 0 Å². The van der Waals surface area contributed by atoms with Gasteiger partial charge in [0, 0.05) is 0 Å². The molecule has 0 radical (unpaired) electrons. The van der Waals surface area contributed by atoms with Crippen LogP contribution in [0.5, 0.6) is 0 Å².